The SMILES string of the molecule is Cc1cc2nnc(-c3ccc(C(C)C)cc3)n2cc1C=O. The van der Waals surface area contributed by atoms with Gasteiger partial charge < -0.3 is 0 Å². The van der Waals surface area contributed by atoms with Crippen LogP contribution in [0, 0.1) is 6.92 Å². The highest BCUT2D eigenvalue weighted by Gasteiger charge is 2.10. The van der Waals surface area contributed by atoms with Crippen LogP contribution in [0.3, 0.4) is 0 Å². The third-order valence-electron chi connectivity index (χ3n) is 3.75. The lowest BCUT2D eigenvalue weighted by molar-refractivity contribution is 0.112. The fourth-order valence-corrected chi connectivity index (χ4v) is 2.38. The maximum atomic E-state index is 11.1. The number of nitrogens with zero attached hydrogens (tertiary/aromatic N) is 3. The van der Waals surface area contributed by atoms with E-state index in [2.05, 4.69) is 36.2 Å². The summed E-state index contributed by atoms with van der Waals surface area (Å²) >= 11 is 0. The molecule has 0 aliphatic carbocycles. The van der Waals surface area contributed by atoms with Gasteiger partial charge >= 0.3 is 0 Å². The molecule has 0 aliphatic rings. The Kier molecular flexibility index (Phi) is 3.29. The van der Waals surface area contributed by atoms with Crippen molar-refractivity contribution in [3.8, 4) is 11.4 Å². The number of benzene rings is 1. The van der Waals surface area contributed by atoms with Gasteiger partial charge in [-0.2, -0.15) is 0 Å². The highest BCUT2D eigenvalue weighted by molar-refractivity contribution is 5.78. The van der Waals surface area contributed by atoms with E-state index in [4.69, 9.17) is 0 Å². The third kappa shape index (κ3) is 2.33. The van der Waals surface area contributed by atoms with Gasteiger partial charge in [0.2, 0.25) is 0 Å². The van der Waals surface area contributed by atoms with Gasteiger partial charge in [0.15, 0.2) is 17.8 Å². The highest BCUT2D eigenvalue weighted by Crippen LogP contribution is 2.22. The predicted molar refractivity (Wildman–Crippen MR) is 82.6 cm³/mol. The number of pyridine rings is 1. The molecule has 0 fully saturated rings. The zero-order valence-electron chi connectivity index (χ0n) is 12.4. The summed E-state index contributed by atoms with van der Waals surface area (Å²) in [5.74, 6) is 1.25. The smallest absolute Gasteiger partial charge is 0.168 e. The predicted octanol–water partition coefficient (Wildman–Crippen LogP) is 3.64. The Bertz CT molecular complexity index is 801. The van der Waals surface area contributed by atoms with E-state index in [1.54, 1.807) is 6.20 Å². The molecule has 0 saturated carbocycles. The van der Waals surface area contributed by atoms with E-state index in [9.17, 15) is 4.79 Å². The van der Waals surface area contributed by atoms with Crippen molar-refractivity contribution >= 4 is 11.9 Å². The lowest BCUT2D eigenvalue weighted by Crippen LogP contribution is -1.95. The lowest BCUT2D eigenvalue weighted by Gasteiger charge is -2.06. The van der Waals surface area contributed by atoms with E-state index in [0.29, 0.717) is 11.5 Å². The molecule has 0 amide bonds. The molecule has 0 saturated heterocycles. The molecule has 1 aromatic carbocycles. The summed E-state index contributed by atoms with van der Waals surface area (Å²) in [6.45, 7) is 6.23. The molecule has 0 atom stereocenters. The van der Waals surface area contributed by atoms with E-state index in [-0.39, 0.29) is 0 Å². The van der Waals surface area contributed by atoms with E-state index < -0.39 is 0 Å². The number of aldehydes is 1. The number of aromatic nitrogens is 3. The molecule has 21 heavy (non-hydrogen) atoms. The quantitative estimate of drug-likeness (QED) is 0.688. The van der Waals surface area contributed by atoms with Crippen molar-refractivity contribution in [3.63, 3.8) is 0 Å². The Morgan fingerprint density at radius 1 is 1.14 bits per heavy atom. The number of carbonyl (C=O) groups excluding carboxylic acids is 1. The molecule has 0 aliphatic heterocycles. The molecule has 0 spiro atoms. The summed E-state index contributed by atoms with van der Waals surface area (Å²) in [5.41, 5.74) is 4.60. The molecule has 0 unspecified atom stereocenters. The molecule has 3 rings (SSSR count). The minimum atomic E-state index is 0.499. The van der Waals surface area contributed by atoms with Crippen molar-refractivity contribution in [3.05, 3.63) is 53.2 Å². The van der Waals surface area contributed by atoms with E-state index >= 15 is 0 Å². The Morgan fingerprint density at radius 2 is 1.86 bits per heavy atom. The van der Waals surface area contributed by atoms with Crippen LogP contribution in [0.4, 0.5) is 0 Å². The zero-order chi connectivity index (χ0) is 15.0. The zero-order valence-corrected chi connectivity index (χ0v) is 12.4. The van der Waals surface area contributed by atoms with Crippen molar-refractivity contribution in [1.29, 1.82) is 0 Å². The van der Waals surface area contributed by atoms with Gasteiger partial charge in [-0.15, -0.1) is 10.2 Å². The fourth-order valence-electron chi connectivity index (χ4n) is 2.38. The average Bonchev–Trinajstić information content (AvgIpc) is 2.89. The molecule has 0 radical (unpaired) electrons. The Hall–Kier alpha value is -2.49. The van der Waals surface area contributed by atoms with Crippen molar-refractivity contribution in [2.75, 3.05) is 0 Å². The molecule has 2 aromatic heterocycles. The minimum Gasteiger partial charge on any atom is -0.298 e. The van der Waals surface area contributed by atoms with Gasteiger partial charge in [-0.25, -0.2) is 0 Å². The number of hydrogen-bond acceptors (Lipinski definition) is 3. The van der Waals surface area contributed by atoms with Crippen LogP contribution in [0.1, 0.15) is 41.3 Å². The molecule has 2 heterocycles. The maximum Gasteiger partial charge on any atom is 0.168 e. The van der Waals surface area contributed by atoms with Crippen LogP contribution in [0.5, 0.6) is 0 Å². The topological polar surface area (TPSA) is 47.3 Å². The van der Waals surface area contributed by atoms with Gasteiger partial charge in [0.1, 0.15) is 0 Å². The number of fused-ring (bicyclic) bond motifs is 1. The number of hydrogen-bond donors (Lipinski definition) is 0. The third-order valence-corrected chi connectivity index (χ3v) is 3.75. The van der Waals surface area contributed by atoms with Crippen LogP contribution in [0.15, 0.2) is 36.5 Å². The molecule has 0 bridgehead atoms. The monoisotopic (exact) mass is 279 g/mol. The summed E-state index contributed by atoms with van der Waals surface area (Å²) < 4.78 is 1.86. The van der Waals surface area contributed by atoms with Gasteiger partial charge in [-0.1, -0.05) is 38.1 Å². The molecule has 106 valence electrons. The summed E-state index contributed by atoms with van der Waals surface area (Å²) in [4.78, 5) is 11.1. The normalized spacial score (nSPS) is 11.2. The second kappa shape index (κ2) is 5.13. The average molecular weight is 279 g/mol. The van der Waals surface area contributed by atoms with Crippen molar-refractivity contribution in [1.82, 2.24) is 14.6 Å². The molecular weight excluding hydrogens is 262 g/mol. The molecule has 4 heteroatoms. The van der Waals surface area contributed by atoms with Crippen LogP contribution < -0.4 is 0 Å². The second-order valence-electron chi connectivity index (χ2n) is 5.56. The minimum absolute atomic E-state index is 0.499. The molecule has 3 aromatic rings. The fraction of sp³-hybridized carbons (Fsp3) is 0.235. The maximum absolute atomic E-state index is 11.1. The van der Waals surface area contributed by atoms with E-state index in [1.807, 2.05) is 29.5 Å². The summed E-state index contributed by atoms with van der Waals surface area (Å²) in [6, 6.07) is 10.2. The van der Waals surface area contributed by atoms with Crippen LogP contribution in [0.2, 0.25) is 0 Å². The first-order valence-corrected chi connectivity index (χ1v) is 7.01. The van der Waals surface area contributed by atoms with Crippen molar-refractivity contribution in [2.45, 2.75) is 26.7 Å². The van der Waals surface area contributed by atoms with Crippen LogP contribution in [-0.4, -0.2) is 20.9 Å². The highest BCUT2D eigenvalue weighted by atomic mass is 16.1. The van der Waals surface area contributed by atoms with Crippen LogP contribution >= 0.6 is 0 Å². The first kappa shape index (κ1) is 13.5. The number of rotatable bonds is 3. The molecule has 0 N–H and O–H groups in total. The Morgan fingerprint density at radius 3 is 2.48 bits per heavy atom. The van der Waals surface area contributed by atoms with Crippen molar-refractivity contribution < 1.29 is 4.79 Å². The second-order valence-corrected chi connectivity index (χ2v) is 5.56. The van der Waals surface area contributed by atoms with E-state index in [0.717, 1.165) is 28.9 Å². The van der Waals surface area contributed by atoms with Gasteiger partial charge in [-0.3, -0.25) is 9.20 Å². The lowest BCUT2D eigenvalue weighted by atomic mass is 10.0. The number of carbonyl (C=O) groups is 1. The molecule has 4 nitrogen and oxygen atoms in total. The summed E-state index contributed by atoms with van der Waals surface area (Å²) in [7, 11) is 0. The van der Waals surface area contributed by atoms with Gasteiger partial charge in [0.05, 0.1) is 0 Å². The Labute approximate surface area is 123 Å². The van der Waals surface area contributed by atoms with Gasteiger partial charge in [-0.05, 0) is 30.0 Å². The summed E-state index contributed by atoms with van der Waals surface area (Å²) in [5, 5.41) is 8.44. The van der Waals surface area contributed by atoms with Crippen LogP contribution in [0.25, 0.3) is 17.0 Å². The summed E-state index contributed by atoms with van der Waals surface area (Å²) in [6.07, 6.45) is 2.66. The van der Waals surface area contributed by atoms with Gasteiger partial charge in [0.25, 0.3) is 0 Å². The van der Waals surface area contributed by atoms with Crippen molar-refractivity contribution in [2.24, 2.45) is 0 Å². The standard InChI is InChI=1S/C17H17N3O/c1-11(2)13-4-6-14(7-5-13)17-19-18-16-8-12(3)15(10-21)9-20(16)17/h4-11H,1-3H3. The van der Waals surface area contributed by atoms with Gasteiger partial charge in [0, 0.05) is 17.3 Å². The molecular formula is C17H17N3O. The largest absolute Gasteiger partial charge is 0.298 e. The first-order valence-electron chi connectivity index (χ1n) is 7.01. The van der Waals surface area contributed by atoms with E-state index in [1.165, 1.54) is 5.56 Å². The first-order chi connectivity index (χ1) is 10.1. The Balaban J connectivity index is 2.13. The number of aryl methyl sites for hydroxylation is 1. The van der Waals surface area contributed by atoms with Crippen LogP contribution in [-0.2, 0) is 0 Å².